The van der Waals surface area contributed by atoms with E-state index in [1.54, 1.807) is 26.8 Å². The van der Waals surface area contributed by atoms with Crippen LogP contribution in [0.3, 0.4) is 0 Å². The van der Waals surface area contributed by atoms with Crippen molar-refractivity contribution in [2.24, 2.45) is 0 Å². The Bertz CT molecular complexity index is 914. The van der Waals surface area contributed by atoms with Crippen LogP contribution in [0.25, 0.3) is 0 Å². The van der Waals surface area contributed by atoms with Gasteiger partial charge >= 0.3 is 11.9 Å². The van der Waals surface area contributed by atoms with E-state index in [-0.39, 0.29) is 17.9 Å². The van der Waals surface area contributed by atoms with E-state index in [4.69, 9.17) is 18.9 Å². The molecule has 0 bridgehead atoms. The normalized spacial score (nSPS) is 10.4. The van der Waals surface area contributed by atoms with E-state index in [0.717, 1.165) is 0 Å². The number of Topliss-reactive ketones (excluding diaryl/α,β-unsaturated/α-hetero) is 1. The van der Waals surface area contributed by atoms with Crippen molar-refractivity contribution in [3.8, 4) is 11.5 Å². The Balaban J connectivity index is 2.10. The lowest BCUT2D eigenvalue weighted by Gasteiger charge is -2.10. The second-order valence-electron chi connectivity index (χ2n) is 6.14. The predicted molar refractivity (Wildman–Crippen MR) is 105 cm³/mol. The lowest BCUT2D eigenvalue weighted by atomic mass is 10.1. The van der Waals surface area contributed by atoms with Crippen LogP contribution in [-0.2, 0) is 9.47 Å². The minimum Gasteiger partial charge on any atom is -0.493 e. The summed E-state index contributed by atoms with van der Waals surface area (Å²) in [6.45, 7) is 7.07. The van der Waals surface area contributed by atoms with Crippen molar-refractivity contribution >= 4 is 17.7 Å². The monoisotopic (exact) mass is 403 g/mol. The fourth-order valence-electron chi connectivity index (χ4n) is 2.89. The van der Waals surface area contributed by atoms with Gasteiger partial charge in [-0.1, -0.05) is 0 Å². The van der Waals surface area contributed by atoms with Crippen molar-refractivity contribution < 1.29 is 33.3 Å². The molecule has 8 heteroatoms. The second kappa shape index (κ2) is 9.77. The first-order valence-corrected chi connectivity index (χ1v) is 9.21. The maximum Gasteiger partial charge on any atom is 0.340 e. The average molecular weight is 403 g/mol. The number of benzene rings is 1. The van der Waals surface area contributed by atoms with E-state index in [0.29, 0.717) is 34.9 Å². The molecule has 0 aliphatic rings. The van der Waals surface area contributed by atoms with Crippen molar-refractivity contribution in [3.63, 3.8) is 0 Å². The number of hydrogen-bond donors (Lipinski definition) is 1. The largest absolute Gasteiger partial charge is 0.493 e. The highest BCUT2D eigenvalue weighted by atomic mass is 16.5. The topological polar surface area (TPSA) is 104 Å². The number of aryl methyl sites for hydroxylation is 1. The number of aromatic amines is 1. The first-order chi connectivity index (χ1) is 13.8. The van der Waals surface area contributed by atoms with Gasteiger partial charge in [-0.2, -0.15) is 0 Å². The molecular weight excluding hydrogens is 378 g/mol. The van der Waals surface area contributed by atoms with Crippen LogP contribution in [0.5, 0.6) is 11.5 Å². The van der Waals surface area contributed by atoms with E-state index < -0.39 is 24.3 Å². The van der Waals surface area contributed by atoms with Crippen LogP contribution in [0, 0.1) is 13.8 Å². The maximum absolute atomic E-state index is 12.5. The fourth-order valence-corrected chi connectivity index (χ4v) is 2.89. The summed E-state index contributed by atoms with van der Waals surface area (Å²) < 4.78 is 20.8. The molecule has 0 aliphatic carbocycles. The van der Waals surface area contributed by atoms with Gasteiger partial charge in [0.25, 0.3) is 0 Å². The molecule has 0 fully saturated rings. The summed E-state index contributed by atoms with van der Waals surface area (Å²) in [5.74, 6) is -0.732. The first-order valence-electron chi connectivity index (χ1n) is 9.21. The zero-order valence-corrected chi connectivity index (χ0v) is 17.2. The Morgan fingerprint density at radius 2 is 1.69 bits per heavy atom. The van der Waals surface area contributed by atoms with Crippen molar-refractivity contribution in [1.29, 1.82) is 0 Å². The number of methoxy groups -OCH3 is 1. The number of carbonyl (C=O) groups is 3. The van der Waals surface area contributed by atoms with Gasteiger partial charge in [0.15, 0.2) is 18.1 Å². The summed E-state index contributed by atoms with van der Waals surface area (Å²) in [4.78, 5) is 39.7. The third-order valence-corrected chi connectivity index (χ3v) is 4.23. The maximum atomic E-state index is 12.5. The predicted octanol–water partition coefficient (Wildman–Crippen LogP) is 3.26. The van der Waals surface area contributed by atoms with Gasteiger partial charge in [-0.3, -0.25) is 4.79 Å². The van der Waals surface area contributed by atoms with E-state index in [1.807, 2.05) is 6.92 Å². The van der Waals surface area contributed by atoms with Crippen LogP contribution in [0.1, 0.15) is 56.3 Å². The van der Waals surface area contributed by atoms with Crippen LogP contribution >= 0.6 is 0 Å². The van der Waals surface area contributed by atoms with Crippen LogP contribution in [0.4, 0.5) is 0 Å². The molecule has 2 rings (SSSR count). The molecule has 0 amide bonds. The summed E-state index contributed by atoms with van der Waals surface area (Å²) in [7, 11) is 1.47. The van der Waals surface area contributed by atoms with Crippen molar-refractivity contribution in [2.45, 2.75) is 27.7 Å². The van der Waals surface area contributed by atoms with Crippen LogP contribution < -0.4 is 9.47 Å². The molecule has 156 valence electrons. The summed E-state index contributed by atoms with van der Waals surface area (Å²) in [5.41, 5.74) is 1.74. The van der Waals surface area contributed by atoms with Gasteiger partial charge in [-0.05, 0) is 51.5 Å². The third-order valence-electron chi connectivity index (χ3n) is 4.23. The molecule has 0 radical (unpaired) electrons. The molecule has 8 nitrogen and oxygen atoms in total. The highest BCUT2D eigenvalue weighted by molar-refractivity contribution is 6.03. The molecule has 1 aromatic heterocycles. The van der Waals surface area contributed by atoms with Crippen LogP contribution in [0.2, 0.25) is 0 Å². The summed E-state index contributed by atoms with van der Waals surface area (Å²) in [6.07, 6.45) is 0. The van der Waals surface area contributed by atoms with E-state index in [2.05, 4.69) is 4.98 Å². The van der Waals surface area contributed by atoms with E-state index in [9.17, 15) is 14.4 Å². The molecule has 2 aromatic rings. The summed E-state index contributed by atoms with van der Waals surface area (Å²) >= 11 is 0. The third kappa shape index (κ3) is 4.96. The van der Waals surface area contributed by atoms with Gasteiger partial charge in [-0.15, -0.1) is 0 Å². The minimum atomic E-state index is -0.675. The quantitative estimate of drug-likeness (QED) is 0.506. The van der Waals surface area contributed by atoms with E-state index >= 15 is 0 Å². The van der Waals surface area contributed by atoms with Crippen molar-refractivity contribution in [2.75, 3.05) is 26.9 Å². The summed E-state index contributed by atoms with van der Waals surface area (Å²) in [6, 6.07) is 4.62. The van der Waals surface area contributed by atoms with Gasteiger partial charge in [0.2, 0.25) is 5.78 Å². The van der Waals surface area contributed by atoms with Gasteiger partial charge in [0.05, 0.1) is 37.1 Å². The number of esters is 2. The number of aromatic nitrogens is 1. The molecule has 1 aromatic carbocycles. The Morgan fingerprint density at radius 3 is 2.31 bits per heavy atom. The molecule has 0 saturated heterocycles. The molecule has 1 N–H and O–H groups in total. The molecule has 29 heavy (non-hydrogen) atoms. The van der Waals surface area contributed by atoms with Crippen molar-refractivity contribution in [3.05, 3.63) is 46.3 Å². The van der Waals surface area contributed by atoms with E-state index in [1.165, 1.54) is 19.2 Å². The van der Waals surface area contributed by atoms with Crippen LogP contribution in [-0.4, -0.2) is 49.6 Å². The first kappa shape index (κ1) is 22.0. The average Bonchev–Trinajstić information content (AvgIpc) is 3.00. The fraction of sp³-hybridized carbons (Fsp3) is 0.381. The number of hydrogen-bond acceptors (Lipinski definition) is 7. The molecular formula is C21H25NO7. The lowest BCUT2D eigenvalue weighted by Crippen LogP contribution is -2.16. The number of H-pyrrole nitrogens is 1. The van der Waals surface area contributed by atoms with Crippen molar-refractivity contribution in [1.82, 2.24) is 4.98 Å². The van der Waals surface area contributed by atoms with Gasteiger partial charge in [0.1, 0.15) is 0 Å². The number of nitrogens with one attached hydrogen (secondary N) is 1. The molecule has 1 heterocycles. The summed E-state index contributed by atoms with van der Waals surface area (Å²) in [5, 5.41) is 0. The standard InChI is InChI=1S/C21H25NO7/c1-6-27-16-9-8-14(10-17(16)26-5)20(24)29-11-15(23)19-12(3)18(13(4)22-19)21(25)28-7-2/h8-10,22H,6-7,11H2,1-5H3. The Hall–Kier alpha value is -3.29. The number of ketones is 1. The SMILES string of the molecule is CCOC(=O)c1c(C)[nH]c(C(=O)COC(=O)c2ccc(OCC)c(OC)c2)c1C. The van der Waals surface area contributed by atoms with Gasteiger partial charge in [-0.25, -0.2) is 9.59 Å². The Labute approximate surface area is 169 Å². The van der Waals surface area contributed by atoms with Gasteiger partial charge in [0, 0.05) is 5.69 Å². The lowest BCUT2D eigenvalue weighted by molar-refractivity contribution is 0.0472. The highest BCUT2D eigenvalue weighted by Crippen LogP contribution is 2.28. The molecule has 0 unspecified atom stereocenters. The van der Waals surface area contributed by atoms with Crippen LogP contribution in [0.15, 0.2) is 18.2 Å². The Morgan fingerprint density at radius 1 is 0.966 bits per heavy atom. The minimum absolute atomic E-state index is 0.211. The molecule has 0 aliphatic heterocycles. The van der Waals surface area contributed by atoms with Gasteiger partial charge < -0.3 is 23.9 Å². The zero-order valence-electron chi connectivity index (χ0n) is 17.2. The number of carbonyl (C=O) groups excluding carboxylic acids is 3. The number of rotatable bonds is 9. The molecule has 0 atom stereocenters. The second-order valence-corrected chi connectivity index (χ2v) is 6.14. The smallest absolute Gasteiger partial charge is 0.340 e. The molecule has 0 spiro atoms. The Kier molecular flexibility index (Phi) is 7.41. The molecule has 0 saturated carbocycles. The zero-order chi connectivity index (χ0) is 21.6. The number of ether oxygens (including phenoxy) is 4. The highest BCUT2D eigenvalue weighted by Gasteiger charge is 2.23.